The smallest absolute Gasteiger partial charge is 0.129 e. The molecule has 0 amide bonds. The molecule has 14 heavy (non-hydrogen) atoms. The second-order valence-corrected chi connectivity index (χ2v) is 4.48. The van der Waals surface area contributed by atoms with Crippen molar-refractivity contribution in [3.8, 4) is 5.75 Å². The molecule has 1 aliphatic heterocycles. The third-order valence-electron chi connectivity index (χ3n) is 2.53. The lowest BCUT2D eigenvalue weighted by Gasteiger charge is -2.25. The number of halogens is 2. The molecule has 4 heteroatoms. The van der Waals surface area contributed by atoms with E-state index in [0.717, 1.165) is 16.5 Å². The molecule has 1 heterocycles. The van der Waals surface area contributed by atoms with Gasteiger partial charge in [0.25, 0.3) is 0 Å². The predicted octanol–water partition coefficient (Wildman–Crippen LogP) is 2.63. The number of fused-ring (bicyclic) bond motifs is 1. The monoisotopic (exact) mass is 325 g/mol. The van der Waals surface area contributed by atoms with Gasteiger partial charge in [-0.2, -0.15) is 0 Å². The van der Waals surface area contributed by atoms with Crippen LogP contribution >= 0.6 is 35.0 Å². The highest BCUT2D eigenvalue weighted by atomic mass is 127. The standard InChI is InChI=1S/C10H12INO.ClH/c1-6-9-7(4-5-12-6)2-3-8(13)10(9)11;/h2-3,6,12-13H,4-5H2,1H3;1H. The highest BCUT2D eigenvalue weighted by Gasteiger charge is 2.19. The zero-order chi connectivity index (χ0) is 9.42. The molecule has 1 atom stereocenters. The minimum Gasteiger partial charge on any atom is -0.507 e. The zero-order valence-electron chi connectivity index (χ0n) is 7.88. The number of hydrogen-bond acceptors (Lipinski definition) is 2. The summed E-state index contributed by atoms with van der Waals surface area (Å²) in [5, 5.41) is 12.9. The third kappa shape index (κ3) is 1.99. The van der Waals surface area contributed by atoms with E-state index in [-0.39, 0.29) is 12.4 Å². The lowest BCUT2D eigenvalue weighted by Crippen LogP contribution is -2.28. The van der Waals surface area contributed by atoms with Crippen LogP contribution in [0.2, 0.25) is 0 Å². The lowest BCUT2D eigenvalue weighted by molar-refractivity contribution is 0.463. The maximum atomic E-state index is 9.56. The van der Waals surface area contributed by atoms with Crippen LogP contribution in [-0.4, -0.2) is 11.7 Å². The summed E-state index contributed by atoms with van der Waals surface area (Å²) in [6.45, 7) is 3.18. The summed E-state index contributed by atoms with van der Waals surface area (Å²) in [6, 6.07) is 4.19. The first-order valence-corrected chi connectivity index (χ1v) is 5.51. The number of phenols is 1. The molecule has 0 bridgehead atoms. The molecule has 78 valence electrons. The summed E-state index contributed by atoms with van der Waals surface area (Å²) in [5.74, 6) is 0.398. The maximum Gasteiger partial charge on any atom is 0.129 e. The van der Waals surface area contributed by atoms with Crippen LogP contribution in [0.15, 0.2) is 12.1 Å². The van der Waals surface area contributed by atoms with E-state index in [0.29, 0.717) is 11.8 Å². The number of aromatic hydroxyl groups is 1. The normalized spacial score (nSPS) is 19.7. The van der Waals surface area contributed by atoms with Gasteiger partial charge in [-0.1, -0.05) is 6.07 Å². The van der Waals surface area contributed by atoms with Crippen LogP contribution in [0, 0.1) is 3.57 Å². The van der Waals surface area contributed by atoms with Crippen LogP contribution < -0.4 is 5.32 Å². The molecule has 2 rings (SSSR count). The quantitative estimate of drug-likeness (QED) is 0.719. The fourth-order valence-electron chi connectivity index (χ4n) is 1.83. The zero-order valence-corrected chi connectivity index (χ0v) is 10.9. The van der Waals surface area contributed by atoms with Crippen LogP contribution in [0.5, 0.6) is 5.75 Å². The highest BCUT2D eigenvalue weighted by Crippen LogP contribution is 2.32. The van der Waals surface area contributed by atoms with Gasteiger partial charge in [0.1, 0.15) is 5.75 Å². The topological polar surface area (TPSA) is 32.3 Å². The molecule has 1 aliphatic rings. The maximum absolute atomic E-state index is 9.56. The van der Waals surface area contributed by atoms with E-state index >= 15 is 0 Å². The van der Waals surface area contributed by atoms with Crippen molar-refractivity contribution in [2.75, 3.05) is 6.54 Å². The number of rotatable bonds is 0. The van der Waals surface area contributed by atoms with Crippen LogP contribution in [0.4, 0.5) is 0 Å². The summed E-state index contributed by atoms with van der Waals surface area (Å²) in [5.41, 5.74) is 2.64. The predicted molar refractivity (Wildman–Crippen MR) is 68.2 cm³/mol. The van der Waals surface area contributed by atoms with E-state index in [1.165, 1.54) is 11.1 Å². The molecule has 0 aromatic heterocycles. The van der Waals surface area contributed by atoms with Crippen molar-refractivity contribution < 1.29 is 5.11 Å². The van der Waals surface area contributed by atoms with Gasteiger partial charge in [-0.15, -0.1) is 12.4 Å². The van der Waals surface area contributed by atoms with Crippen LogP contribution in [0.1, 0.15) is 24.1 Å². The van der Waals surface area contributed by atoms with E-state index < -0.39 is 0 Å². The third-order valence-corrected chi connectivity index (χ3v) is 3.66. The summed E-state index contributed by atoms with van der Waals surface area (Å²) in [6.07, 6.45) is 1.07. The van der Waals surface area contributed by atoms with Gasteiger partial charge in [0.2, 0.25) is 0 Å². The molecule has 0 spiro atoms. The Labute approximate surface area is 104 Å². The molecule has 2 N–H and O–H groups in total. The SMILES string of the molecule is CC1NCCc2ccc(O)c(I)c21.Cl. The van der Waals surface area contributed by atoms with E-state index in [2.05, 4.69) is 34.8 Å². The summed E-state index contributed by atoms with van der Waals surface area (Å²) in [7, 11) is 0. The van der Waals surface area contributed by atoms with Crippen molar-refractivity contribution in [2.45, 2.75) is 19.4 Å². The average molecular weight is 326 g/mol. The molecular formula is C10H13ClINO. The summed E-state index contributed by atoms with van der Waals surface area (Å²) in [4.78, 5) is 0. The Balaban J connectivity index is 0.000000980. The van der Waals surface area contributed by atoms with Gasteiger partial charge in [-0.3, -0.25) is 0 Å². The Morgan fingerprint density at radius 2 is 2.21 bits per heavy atom. The van der Waals surface area contributed by atoms with Gasteiger partial charge in [0.15, 0.2) is 0 Å². The van der Waals surface area contributed by atoms with Crippen molar-refractivity contribution >= 4 is 35.0 Å². The van der Waals surface area contributed by atoms with E-state index in [1.54, 1.807) is 6.07 Å². The van der Waals surface area contributed by atoms with Crippen molar-refractivity contribution in [2.24, 2.45) is 0 Å². The molecule has 1 aromatic carbocycles. The Hall–Kier alpha value is -0.0000000000000000555. The Morgan fingerprint density at radius 3 is 2.93 bits per heavy atom. The fraction of sp³-hybridized carbons (Fsp3) is 0.400. The lowest BCUT2D eigenvalue weighted by atomic mass is 9.95. The first-order valence-electron chi connectivity index (χ1n) is 4.44. The van der Waals surface area contributed by atoms with Crippen molar-refractivity contribution in [1.29, 1.82) is 0 Å². The van der Waals surface area contributed by atoms with E-state index in [1.807, 2.05) is 6.07 Å². The van der Waals surface area contributed by atoms with E-state index in [4.69, 9.17) is 0 Å². The number of phenolic OH excluding ortho intramolecular Hbond substituents is 1. The second-order valence-electron chi connectivity index (χ2n) is 3.40. The van der Waals surface area contributed by atoms with Gasteiger partial charge in [0, 0.05) is 6.04 Å². The molecule has 1 aromatic rings. The molecule has 0 radical (unpaired) electrons. The Kier molecular flexibility index (Phi) is 4.04. The average Bonchev–Trinajstić information content (AvgIpc) is 2.12. The second kappa shape index (κ2) is 4.68. The van der Waals surface area contributed by atoms with Crippen molar-refractivity contribution in [1.82, 2.24) is 5.32 Å². The minimum absolute atomic E-state index is 0. The highest BCUT2D eigenvalue weighted by molar-refractivity contribution is 14.1. The summed E-state index contributed by atoms with van der Waals surface area (Å²) < 4.78 is 0.995. The van der Waals surface area contributed by atoms with Crippen LogP contribution in [0.3, 0.4) is 0 Å². The van der Waals surface area contributed by atoms with Gasteiger partial charge >= 0.3 is 0 Å². The van der Waals surface area contributed by atoms with Crippen LogP contribution in [-0.2, 0) is 6.42 Å². The Morgan fingerprint density at radius 1 is 1.50 bits per heavy atom. The van der Waals surface area contributed by atoms with Gasteiger partial charge < -0.3 is 10.4 Å². The van der Waals surface area contributed by atoms with Gasteiger partial charge in [-0.05, 0) is 59.7 Å². The molecule has 0 saturated heterocycles. The molecule has 1 unspecified atom stereocenters. The molecule has 0 saturated carbocycles. The number of hydrogen-bond donors (Lipinski definition) is 2. The first-order chi connectivity index (χ1) is 6.20. The fourth-order valence-corrected chi connectivity index (χ4v) is 2.83. The first kappa shape index (κ1) is 12.1. The van der Waals surface area contributed by atoms with Crippen molar-refractivity contribution in [3.05, 3.63) is 26.8 Å². The van der Waals surface area contributed by atoms with Crippen LogP contribution in [0.25, 0.3) is 0 Å². The molecule has 0 aliphatic carbocycles. The molecule has 2 nitrogen and oxygen atoms in total. The van der Waals surface area contributed by atoms with Crippen molar-refractivity contribution in [3.63, 3.8) is 0 Å². The largest absolute Gasteiger partial charge is 0.507 e. The van der Waals surface area contributed by atoms with Gasteiger partial charge in [0.05, 0.1) is 3.57 Å². The minimum atomic E-state index is 0. The Bertz CT molecular complexity index is 343. The molecule has 0 fully saturated rings. The van der Waals surface area contributed by atoms with E-state index in [9.17, 15) is 5.11 Å². The molecular weight excluding hydrogens is 312 g/mol. The number of nitrogens with one attached hydrogen (secondary N) is 1. The number of benzene rings is 1. The summed E-state index contributed by atoms with van der Waals surface area (Å²) >= 11 is 2.21. The van der Waals surface area contributed by atoms with Gasteiger partial charge in [-0.25, -0.2) is 0 Å².